The molecule has 120 valence electrons. The van der Waals surface area contributed by atoms with Crippen LogP contribution in [0.5, 0.6) is 0 Å². The van der Waals surface area contributed by atoms with Gasteiger partial charge in [-0.1, -0.05) is 0 Å². The molecule has 1 fully saturated rings. The average molecular weight is 309 g/mol. The number of nitrogens with one attached hydrogen (secondary N) is 1. The minimum Gasteiger partial charge on any atom is -0.467 e. The lowest BCUT2D eigenvalue weighted by atomic mass is 10.2. The SMILES string of the molecule is COC(=O)[C@H](C)NC(=O)N1CCN(c2ccc(F)cc2)CC1. The summed E-state index contributed by atoms with van der Waals surface area (Å²) >= 11 is 0. The lowest BCUT2D eigenvalue weighted by molar-refractivity contribution is -0.142. The van der Waals surface area contributed by atoms with Crippen LogP contribution in [-0.4, -0.2) is 56.2 Å². The summed E-state index contributed by atoms with van der Waals surface area (Å²) in [6, 6.07) is 5.34. The number of rotatable bonds is 3. The molecule has 1 saturated heterocycles. The molecule has 1 aromatic carbocycles. The van der Waals surface area contributed by atoms with Gasteiger partial charge in [-0.3, -0.25) is 0 Å². The smallest absolute Gasteiger partial charge is 0.328 e. The van der Waals surface area contributed by atoms with E-state index in [0.29, 0.717) is 26.2 Å². The summed E-state index contributed by atoms with van der Waals surface area (Å²) in [4.78, 5) is 27.1. The van der Waals surface area contributed by atoms with Crippen molar-refractivity contribution in [3.8, 4) is 0 Å². The Balaban J connectivity index is 1.85. The Labute approximate surface area is 128 Å². The summed E-state index contributed by atoms with van der Waals surface area (Å²) in [6.45, 7) is 3.98. The number of carbonyl (C=O) groups is 2. The quantitative estimate of drug-likeness (QED) is 0.853. The second-order valence-corrected chi connectivity index (χ2v) is 5.14. The summed E-state index contributed by atoms with van der Waals surface area (Å²) in [5.41, 5.74) is 0.935. The van der Waals surface area contributed by atoms with Crippen molar-refractivity contribution < 1.29 is 18.7 Å². The zero-order valence-corrected chi connectivity index (χ0v) is 12.7. The molecule has 1 aliphatic rings. The van der Waals surface area contributed by atoms with Crippen LogP contribution in [0, 0.1) is 5.82 Å². The molecule has 0 aromatic heterocycles. The minimum atomic E-state index is -0.673. The Morgan fingerprint density at radius 1 is 1.18 bits per heavy atom. The molecule has 7 heteroatoms. The molecule has 0 saturated carbocycles. The fourth-order valence-corrected chi connectivity index (χ4v) is 2.33. The minimum absolute atomic E-state index is 0.265. The highest BCUT2D eigenvalue weighted by Crippen LogP contribution is 2.16. The maximum absolute atomic E-state index is 12.9. The summed E-state index contributed by atoms with van der Waals surface area (Å²) < 4.78 is 17.5. The number of amides is 2. The van der Waals surface area contributed by atoms with Crippen LogP contribution in [0.25, 0.3) is 0 Å². The van der Waals surface area contributed by atoms with Gasteiger partial charge in [0.05, 0.1) is 7.11 Å². The van der Waals surface area contributed by atoms with Crippen molar-refractivity contribution >= 4 is 17.7 Å². The van der Waals surface area contributed by atoms with E-state index in [1.165, 1.54) is 19.2 Å². The van der Waals surface area contributed by atoms with E-state index in [4.69, 9.17) is 0 Å². The van der Waals surface area contributed by atoms with Crippen molar-refractivity contribution in [1.82, 2.24) is 10.2 Å². The fraction of sp³-hybridized carbons (Fsp3) is 0.467. The molecule has 0 spiro atoms. The second-order valence-electron chi connectivity index (χ2n) is 5.14. The van der Waals surface area contributed by atoms with Gasteiger partial charge < -0.3 is 19.9 Å². The predicted molar refractivity (Wildman–Crippen MR) is 80.2 cm³/mol. The molecule has 0 bridgehead atoms. The molecular formula is C15H20FN3O3. The van der Waals surface area contributed by atoms with Gasteiger partial charge in [0.1, 0.15) is 11.9 Å². The first kappa shape index (κ1) is 16.1. The summed E-state index contributed by atoms with van der Waals surface area (Å²) in [5, 5.41) is 2.61. The number of nitrogens with zero attached hydrogens (tertiary/aromatic N) is 2. The zero-order valence-electron chi connectivity index (χ0n) is 12.7. The lowest BCUT2D eigenvalue weighted by Crippen LogP contribution is -2.54. The van der Waals surface area contributed by atoms with Crippen LogP contribution in [0.1, 0.15) is 6.92 Å². The highest BCUT2D eigenvalue weighted by Gasteiger charge is 2.24. The van der Waals surface area contributed by atoms with Gasteiger partial charge in [-0.25, -0.2) is 14.0 Å². The van der Waals surface area contributed by atoms with Crippen LogP contribution in [0.2, 0.25) is 0 Å². The Kier molecular flexibility index (Phi) is 5.19. The van der Waals surface area contributed by atoms with Crippen molar-refractivity contribution in [2.75, 3.05) is 38.2 Å². The molecule has 0 aliphatic carbocycles. The largest absolute Gasteiger partial charge is 0.467 e. The monoisotopic (exact) mass is 309 g/mol. The summed E-state index contributed by atoms with van der Waals surface area (Å²) in [5.74, 6) is -0.739. The highest BCUT2D eigenvalue weighted by atomic mass is 19.1. The second kappa shape index (κ2) is 7.11. The van der Waals surface area contributed by atoms with Crippen LogP contribution in [0.15, 0.2) is 24.3 Å². The first-order valence-corrected chi connectivity index (χ1v) is 7.15. The molecule has 22 heavy (non-hydrogen) atoms. The van der Waals surface area contributed by atoms with E-state index in [-0.39, 0.29) is 11.8 Å². The number of halogens is 1. The Morgan fingerprint density at radius 3 is 2.32 bits per heavy atom. The molecule has 1 aromatic rings. The third kappa shape index (κ3) is 3.87. The van der Waals surface area contributed by atoms with Gasteiger partial charge in [0.2, 0.25) is 0 Å². The molecule has 0 unspecified atom stereocenters. The number of methoxy groups -OCH3 is 1. The highest BCUT2D eigenvalue weighted by molar-refractivity contribution is 5.83. The maximum Gasteiger partial charge on any atom is 0.328 e. The Morgan fingerprint density at radius 2 is 1.77 bits per heavy atom. The number of ether oxygens (including phenoxy) is 1. The average Bonchev–Trinajstić information content (AvgIpc) is 2.54. The number of benzene rings is 1. The van der Waals surface area contributed by atoms with E-state index >= 15 is 0 Å². The molecule has 2 rings (SSSR count). The molecule has 1 N–H and O–H groups in total. The topological polar surface area (TPSA) is 61.9 Å². The van der Waals surface area contributed by atoms with Crippen LogP contribution in [0.3, 0.4) is 0 Å². The van der Waals surface area contributed by atoms with Gasteiger partial charge in [-0.05, 0) is 31.2 Å². The van der Waals surface area contributed by atoms with Crippen molar-refractivity contribution in [2.45, 2.75) is 13.0 Å². The van der Waals surface area contributed by atoms with Crippen molar-refractivity contribution in [2.24, 2.45) is 0 Å². The lowest BCUT2D eigenvalue weighted by Gasteiger charge is -2.36. The standard InChI is InChI=1S/C15H20FN3O3/c1-11(14(20)22-2)17-15(21)19-9-7-18(8-10-19)13-5-3-12(16)4-6-13/h3-6,11H,7-10H2,1-2H3,(H,17,21)/t11-/m0/s1. The number of esters is 1. The van der Waals surface area contributed by atoms with Gasteiger partial charge in [-0.2, -0.15) is 0 Å². The van der Waals surface area contributed by atoms with Crippen molar-refractivity contribution in [3.63, 3.8) is 0 Å². The number of hydrogen-bond acceptors (Lipinski definition) is 4. The predicted octanol–water partition coefficient (Wildman–Crippen LogP) is 1.22. The van der Waals surface area contributed by atoms with Crippen molar-refractivity contribution in [1.29, 1.82) is 0 Å². The van der Waals surface area contributed by atoms with E-state index in [1.807, 2.05) is 0 Å². The zero-order chi connectivity index (χ0) is 16.1. The third-order valence-corrected chi connectivity index (χ3v) is 3.65. The normalized spacial score (nSPS) is 16.1. The van der Waals surface area contributed by atoms with Crippen LogP contribution >= 0.6 is 0 Å². The van der Waals surface area contributed by atoms with Gasteiger partial charge in [0, 0.05) is 31.9 Å². The first-order chi connectivity index (χ1) is 10.5. The van der Waals surface area contributed by atoms with E-state index in [2.05, 4.69) is 15.0 Å². The van der Waals surface area contributed by atoms with Crippen molar-refractivity contribution in [3.05, 3.63) is 30.1 Å². The number of hydrogen-bond donors (Lipinski definition) is 1. The summed E-state index contributed by atoms with van der Waals surface area (Å²) in [6.07, 6.45) is 0. The fourth-order valence-electron chi connectivity index (χ4n) is 2.33. The van der Waals surface area contributed by atoms with E-state index in [9.17, 15) is 14.0 Å². The summed E-state index contributed by atoms with van der Waals surface area (Å²) in [7, 11) is 1.28. The van der Waals surface area contributed by atoms with E-state index in [0.717, 1.165) is 5.69 Å². The van der Waals surface area contributed by atoms with E-state index in [1.54, 1.807) is 24.0 Å². The number of piperazine rings is 1. The van der Waals surface area contributed by atoms with Gasteiger partial charge in [0.25, 0.3) is 0 Å². The number of carbonyl (C=O) groups excluding carboxylic acids is 2. The molecule has 1 heterocycles. The van der Waals surface area contributed by atoms with Gasteiger partial charge in [-0.15, -0.1) is 0 Å². The Bertz CT molecular complexity index is 527. The van der Waals surface area contributed by atoms with E-state index < -0.39 is 12.0 Å². The number of anilines is 1. The van der Waals surface area contributed by atoms with Crippen LogP contribution in [-0.2, 0) is 9.53 Å². The molecule has 1 aliphatic heterocycles. The van der Waals surface area contributed by atoms with Gasteiger partial charge in [0.15, 0.2) is 0 Å². The Hall–Kier alpha value is -2.31. The maximum atomic E-state index is 12.9. The molecule has 1 atom stereocenters. The van der Waals surface area contributed by atoms with Gasteiger partial charge >= 0.3 is 12.0 Å². The molecular weight excluding hydrogens is 289 g/mol. The molecule has 0 radical (unpaired) electrons. The molecule has 6 nitrogen and oxygen atoms in total. The first-order valence-electron chi connectivity index (χ1n) is 7.15. The number of urea groups is 1. The third-order valence-electron chi connectivity index (χ3n) is 3.65. The van der Waals surface area contributed by atoms with Crippen LogP contribution < -0.4 is 10.2 Å². The van der Waals surface area contributed by atoms with Crippen LogP contribution in [0.4, 0.5) is 14.9 Å². The molecule has 2 amide bonds.